The molecule has 15 heteroatoms. The summed E-state index contributed by atoms with van der Waals surface area (Å²) in [5, 5.41) is 0. The van der Waals surface area contributed by atoms with Crippen LogP contribution in [0.1, 0.15) is 53.3 Å². The molecular weight excluding hydrogens is 1060 g/mol. The maximum Gasteiger partial charge on any atom is 0.338 e. The zero-order valence-electron chi connectivity index (χ0n) is 45.9. The van der Waals surface area contributed by atoms with E-state index in [2.05, 4.69) is 19.6 Å². The van der Waals surface area contributed by atoms with Crippen LogP contribution in [0, 0.1) is 0 Å². The molecule has 0 unspecified atom stereocenters. The molecule has 0 N–H and O–H groups in total. The number of esters is 3. The highest BCUT2D eigenvalue weighted by Gasteiger charge is 2.55. The smallest absolute Gasteiger partial charge is 0.338 e. The van der Waals surface area contributed by atoms with Gasteiger partial charge in [-0.1, -0.05) is 196 Å². The number of rotatable bonds is 26. The SMILES string of the molecule is C[Si](C)(C)CCS[C@@H]1O[C@H](CO[C@@H]2O[C@H](COCc3ccccc3)[C@H](OCc3ccccc3)[C@H](OCc3ccccc3)[C@H]2OCc2ccccc2)[C@H](OC(=O)c2ccccc2)[C@H](OC(=O)c2ccccc2)[C@H]1OC(=O)c1ccccc1. The van der Waals surface area contributed by atoms with Crippen molar-refractivity contribution in [2.24, 2.45) is 0 Å². The van der Waals surface area contributed by atoms with Crippen LogP contribution in [-0.4, -0.2) is 106 Å². The van der Waals surface area contributed by atoms with Gasteiger partial charge in [-0.2, -0.15) is 0 Å². The third kappa shape index (κ3) is 17.4. The molecule has 9 rings (SSSR count). The minimum atomic E-state index is -1.63. The van der Waals surface area contributed by atoms with Crippen molar-refractivity contribution in [1.29, 1.82) is 0 Å². The fourth-order valence-electron chi connectivity index (χ4n) is 9.40. The second kappa shape index (κ2) is 29.8. The minimum Gasteiger partial charge on any atom is -0.452 e. The van der Waals surface area contributed by atoms with Gasteiger partial charge in [0.25, 0.3) is 0 Å². The van der Waals surface area contributed by atoms with E-state index in [1.807, 2.05) is 121 Å². The molecule has 0 amide bonds. The molecule has 2 fully saturated rings. The quantitative estimate of drug-likeness (QED) is 0.0288. The van der Waals surface area contributed by atoms with Crippen molar-refractivity contribution in [3.05, 3.63) is 251 Å². The van der Waals surface area contributed by atoms with E-state index in [-0.39, 0.29) is 49.7 Å². The highest BCUT2D eigenvalue weighted by molar-refractivity contribution is 7.99. The predicted molar refractivity (Wildman–Crippen MR) is 312 cm³/mol. The molecular formula is C66H70O13SSi. The molecule has 0 radical (unpaired) electrons. The van der Waals surface area contributed by atoms with Gasteiger partial charge in [0, 0.05) is 8.07 Å². The average Bonchev–Trinajstić information content (AvgIpc) is 3.54. The van der Waals surface area contributed by atoms with Crippen molar-refractivity contribution in [2.45, 2.75) is 113 Å². The van der Waals surface area contributed by atoms with Crippen molar-refractivity contribution >= 4 is 37.7 Å². The molecule has 7 aromatic carbocycles. The van der Waals surface area contributed by atoms with Crippen LogP contribution in [0.4, 0.5) is 0 Å². The van der Waals surface area contributed by atoms with Crippen molar-refractivity contribution in [3.8, 4) is 0 Å². The van der Waals surface area contributed by atoms with Gasteiger partial charge in [0.15, 0.2) is 24.6 Å². The fraction of sp³-hybridized carbons (Fsp3) is 0.318. The van der Waals surface area contributed by atoms with E-state index in [9.17, 15) is 14.4 Å². The van der Waals surface area contributed by atoms with Gasteiger partial charge in [0.2, 0.25) is 0 Å². The monoisotopic (exact) mass is 1130 g/mol. The third-order valence-electron chi connectivity index (χ3n) is 13.7. The Bertz CT molecular complexity index is 2980. The van der Waals surface area contributed by atoms with Crippen molar-refractivity contribution in [1.82, 2.24) is 0 Å². The number of carbonyl (C=O) groups excluding carboxylic acids is 3. The first-order valence-corrected chi connectivity index (χ1v) is 32.2. The number of ether oxygens (including phenoxy) is 10. The van der Waals surface area contributed by atoms with Crippen molar-refractivity contribution in [3.63, 3.8) is 0 Å². The van der Waals surface area contributed by atoms with Crippen LogP contribution in [-0.2, 0) is 73.8 Å². The van der Waals surface area contributed by atoms with Crippen molar-refractivity contribution in [2.75, 3.05) is 19.0 Å². The first-order valence-electron chi connectivity index (χ1n) is 27.4. The van der Waals surface area contributed by atoms with Gasteiger partial charge in [-0.15, -0.1) is 11.8 Å². The third-order valence-corrected chi connectivity index (χ3v) is 17.0. The summed E-state index contributed by atoms with van der Waals surface area (Å²) in [6.45, 7) is 7.47. The largest absolute Gasteiger partial charge is 0.452 e. The Morgan fingerprint density at radius 3 is 1.21 bits per heavy atom. The van der Waals surface area contributed by atoms with Gasteiger partial charge >= 0.3 is 17.9 Å². The van der Waals surface area contributed by atoms with Crippen LogP contribution in [0.3, 0.4) is 0 Å². The zero-order valence-corrected chi connectivity index (χ0v) is 47.7. The van der Waals surface area contributed by atoms with E-state index in [1.54, 1.807) is 91.0 Å². The molecule has 7 aromatic rings. The molecule has 0 aromatic heterocycles. The first kappa shape index (κ1) is 58.9. The lowest BCUT2D eigenvalue weighted by atomic mass is 9.97. The lowest BCUT2D eigenvalue weighted by molar-refractivity contribution is -0.335. The van der Waals surface area contributed by atoms with Crippen LogP contribution in [0.25, 0.3) is 0 Å². The standard InChI is InChI=1S/C66H70O13SSi/c1-81(2,3)40-39-80-66-61(79-64(69)53-37-23-10-24-38-53)59(78-63(68)52-35-21-9-22-36-52)57(77-62(67)51-33-19-8-20-34-51)55(76-66)46-74-65-60(73-44-50-31-17-7-18-32-50)58(72-43-49-29-15-6-16-30-49)56(71-42-48-27-13-5-14-28-48)54(75-65)45-70-41-47-25-11-4-12-26-47/h4-38,54-61,65-66H,39-46H2,1-3H3/t54-,55-,56+,57+,58+,59+,60-,61-,65-,66+/m1/s1. The summed E-state index contributed by atoms with van der Waals surface area (Å²) in [6.07, 6.45) is -9.80. The van der Waals surface area contributed by atoms with Crippen LogP contribution >= 0.6 is 11.8 Å². The summed E-state index contributed by atoms with van der Waals surface area (Å²) >= 11 is 1.44. The highest BCUT2D eigenvalue weighted by atomic mass is 32.2. The van der Waals surface area contributed by atoms with Gasteiger partial charge < -0.3 is 47.4 Å². The average molecular weight is 1130 g/mol. The maximum absolute atomic E-state index is 14.5. The van der Waals surface area contributed by atoms with E-state index in [4.69, 9.17) is 47.4 Å². The number of hydrogen-bond donors (Lipinski definition) is 0. The normalized spacial score (nSPS) is 22.8. The van der Waals surface area contributed by atoms with Gasteiger partial charge in [-0.25, -0.2) is 14.4 Å². The summed E-state index contributed by atoms with van der Waals surface area (Å²) in [4.78, 5) is 43.2. The lowest BCUT2D eigenvalue weighted by Crippen LogP contribution is -2.64. The minimum absolute atomic E-state index is 0.0732. The van der Waals surface area contributed by atoms with E-state index in [0.29, 0.717) is 12.4 Å². The molecule has 0 bridgehead atoms. The van der Waals surface area contributed by atoms with Crippen LogP contribution < -0.4 is 0 Å². The fourth-order valence-corrected chi connectivity index (χ4v) is 13.2. The van der Waals surface area contributed by atoms with Crippen LogP contribution in [0.5, 0.6) is 0 Å². The van der Waals surface area contributed by atoms with E-state index in [1.165, 1.54) is 11.8 Å². The highest BCUT2D eigenvalue weighted by Crippen LogP contribution is 2.38. The summed E-state index contributed by atoms with van der Waals surface area (Å²) in [6, 6.07) is 65.8. The second-order valence-electron chi connectivity index (χ2n) is 21.1. The Kier molecular flexibility index (Phi) is 21.7. The van der Waals surface area contributed by atoms with Crippen LogP contribution in [0.15, 0.2) is 212 Å². The summed E-state index contributed by atoms with van der Waals surface area (Å²) < 4.78 is 68.0. The Morgan fingerprint density at radius 1 is 0.395 bits per heavy atom. The molecule has 2 aliphatic heterocycles. The Labute approximate surface area is 480 Å². The number of carbonyl (C=O) groups is 3. The van der Waals surface area contributed by atoms with E-state index < -0.39 is 86.5 Å². The number of benzene rings is 7. The van der Waals surface area contributed by atoms with Gasteiger partial charge in [0.1, 0.15) is 36.0 Å². The number of hydrogen-bond acceptors (Lipinski definition) is 14. The molecule has 0 spiro atoms. The van der Waals surface area contributed by atoms with Crippen LogP contribution in [0.2, 0.25) is 25.7 Å². The summed E-state index contributed by atoms with van der Waals surface area (Å²) in [5.74, 6) is -1.51. The Morgan fingerprint density at radius 2 is 0.765 bits per heavy atom. The molecule has 10 atom stereocenters. The van der Waals surface area contributed by atoms with Gasteiger partial charge in [-0.3, -0.25) is 0 Å². The first-order chi connectivity index (χ1) is 39.5. The Balaban J connectivity index is 1.11. The van der Waals surface area contributed by atoms with Gasteiger partial charge in [-0.05, 0) is 70.4 Å². The summed E-state index contributed by atoms with van der Waals surface area (Å²) in [7, 11) is -1.63. The second-order valence-corrected chi connectivity index (χ2v) is 27.9. The summed E-state index contributed by atoms with van der Waals surface area (Å²) in [5.41, 5.74) is 3.54. The molecule has 2 aliphatic rings. The molecule has 13 nitrogen and oxygen atoms in total. The topological polar surface area (TPSA) is 144 Å². The lowest BCUT2D eigenvalue weighted by Gasteiger charge is -2.47. The van der Waals surface area contributed by atoms with E-state index >= 15 is 0 Å². The Hall–Kier alpha value is -6.76. The van der Waals surface area contributed by atoms with Gasteiger partial charge in [0.05, 0.1) is 56.3 Å². The molecule has 0 saturated carbocycles. The molecule has 81 heavy (non-hydrogen) atoms. The maximum atomic E-state index is 14.5. The zero-order chi connectivity index (χ0) is 56.2. The molecule has 422 valence electrons. The number of thioether (sulfide) groups is 1. The van der Waals surface area contributed by atoms with Crippen molar-refractivity contribution < 1.29 is 61.8 Å². The van der Waals surface area contributed by atoms with E-state index in [0.717, 1.165) is 28.3 Å². The molecule has 0 aliphatic carbocycles. The predicted octanol–water partition coefficient (Wildman–Crippen LogP) is 12.2. The molecule has 2 saturated heterocycles. The molecule has 2 heterocycles.